The van der Waals surface area contributed by atoms with Gasteiger partial charge in [-0.05, 0) is 43.4 Å². The van der Waals surface area contributed by atoms with E-state index in [-0.39, 0.29) is 0 Å². The highest BCUT2D eigenvalue weighted by molar-refractivity contribution is 5.19. The highest BCUT2D eigenvalue weighted by Crippen LogP contribution is 2.49. The summed E-state index contributed by atoms with van der Waals surface area (Å²) in [5.74, 6) is 1.23. The van der Waals surface area contributed by atoms with E-state index < -0.39 is 0 Å². The Labute approximate surface area is 87.2 Å². The number of hydrogen-bond donors (Lipinski definition) is 1. The second kappa shape index (κ2) is 3.69. The standard InChI is InChI=1S/C13H22O/c1-13(2)8-7-10-5-3-4-6-11(10)12(13)9-14/h6,10,12,14H,3-5,7-9H2,1-2H3/t10-,12-/m1/s1. The van der Waals surface area contributed by atoms with E-state index in [4.69, 9.17) is 0 Å². The number of aliphatic hydroxyl groups excluding tert-OH is 1. The molecule has 1 fully saturated rings. The maximum Gasteiger partial charge on any atom is 0.0501 e. The van der Waals surface area contributed by atoms with E-state index in [0.29, 0.717) is 17.9 Å². The fourth-order valence-electron chi connectivity index (χ4n) is 3.23. The molecule has 1 heteroatoms. The van der Waals surface area contributed by atoms with Gasteiger partial charge in [0.1, 0.15) is 0 Å². The predicted octanol–water partition coefficient (Wildman–Crippen LogP) is 3.14. The third-order valence-corrected chi connectivity index (χ3v) is 4.27. The quantitative estimate of drug-likeness (QED) is 0.636. The zero-order valence-corrected chi connectivity index (χ0v) is 9.42. The molecule has 1 nitrogen and oxygen atoms in total. The van der Waals surface area contributed by atoms with Crippen LogP contribution in [0.5, 0.6) is 0 Å². The van der Waals surface area contributed by atoms with Crippen LogP contribution >= 0.6 is 0 Å². The number of allylic oxidation sites excluding steroid dienone is 1. The maximum atomic E-state index is 9.52. The monoisotopic (exact) mass is 194 g/mol. The normalized spacial score (nSPS) is 36.1. The van der Waals surface area contributed by atoms with Crippen molar-refractivity contribution in [2.45, 2.75) is 46.0 Å². The molecule has 0 bridgehead atoms. The van der Waals surface area contributed by atoms with Crippen molar-refractivity contribution >= 4 is 0 Å². The number of hydrogen-bond acceptors (Lipinski definition) is 1. The van der Waals surface area contributed by atoms with Gasteiger partial charge in [-0.2, -0.15) is 0 Å². The van der Waals surface area contributed by atoms with Crippen LogP contribution in [-0.2, 0) is 0 Å². The summed E-state index contributed by atoms with van der Waals surface area (Å²) in [6.45, 7) is 4.95. The summed E-state index contributed by atoms with van der Waals surface area (Å²) in [5, 5.41) is 9.52. The topological polar surface area (TPSA) is 20.2 Å². The van der Waals surface area contributed by atoms with Crippen molar-refractivity contribution in [1.82, 2.24) is 0 Å². The van der Waals surface area contributed by atoms with Crippen molar-refractivity contribution in [3.8, 4) is 0 Å². The summed E-state index contributed by atoms with van der Waals surface area (Å²) in [5.41, 5.74) is 1.89. The molecule has 0 spiro atoms. The van der Waals surface area contributed by atoms with Crippen LogP contribution in [0.1, 0.15) is 46.0 Å². The van der Waals surface area contributed by atoms with E-state index >= 15 is 0 Å². The van der Waals surface area contributed by atoms with Crippen LogP contribution in [-0.4, -0.2) is 11.7 Å². The van der Waals surface area contributed by atoms with Crippen LogP contribution in [0.3, 0.4) is 0 Å². The second-order valence-electron chi connectivity index (χ2n) is 5.59. The van der Waals surface area contributed by atoms with Gasteiger partial charge in [-0.1, -0.05) is 25.5 Å². The molecule has 1 N–H and O–H groups in total. The van der Waals surface area contributed by atoms with Gasteiger partial charge in [0.25, 0.3) is 0 Å². The van der Waals surface area contributed by atoms with E-state index in [0.717, 1.165) is 5.92 Å². The van der Waals surface area contributed by atoms with Gasteiger partial charge < -0.3 is 5.11 Å². The first-order chi connectivity index (χ1) is 6.65. The van der Waals surface area contributed by atoms with Gasteiger partial charge in [-0.15, -0.1) is 0 Å². The molecule has 80 valence electrons. The highest BCUT2D eigenvalue weighted by atomic mass is 16.3. The van der Waals surface area contributed by atoms with Crippen LogP contribution in [0.4, 0.5) is 0 Å². The lowest BCUT2D eigenvalue weighted by molar-refractivity contribution is 0.0905. The molecular weight excluding hydrogens is 172 g/mol. The van der Waals surface area contributed by atoms with Crippen molar-refractivity contribution in [2.24, 2.45) is 17.3 Å². The van der Waals surface area contributed by atoms with E-state index in [1.807, 2.05) is 0 Å². The highest BCUT2D eigenvalue weighted by Gasteiger charge is 2.39. The lowest BCUT2D eigenvalue weighted by Gasteiger charge is -2.45. The summed E-state index contributed by atoms with van der Waals surface area (Å²) in [7, 11) is 0. The summed E-state index contributed by atoms with van der Waals surface area (Å²) in [4.78, 5) is 0. The molecule has 0 saturated heterocycles. The van der Waals surface area contributed by atoms with Crippen LogP contribution in [0.25, 0.3) is 0 Å². The Bertz CT molecular complexity index is 240. The van der Waals surface area contributed by atoms with Gasteiger partial charge in [0.05, 0.1) is 6.61 Å². The van der Waals surface area contributed by atoms with Crippen molar-refractivity contribution in [2.75, 3.05) is 6.61 Å². The van der Waals surface area contributed by atoms with E-state index in [1.165, 1.54) is 32.1 Å². The molecular formula is C13H22O. The SMILES string of the molecule is CC1(C)CC[C@H]2CCCC=C2[C@H]1CO. The molecule has 0 unspecified atom stereocenters. The molecule has 14 heavy (non-hydrogen) atoms. The third kappa shape index (κ3) is 1.63. The summed E-state index contributed by atoms with van der Waals surface area (Å²) < 4.78 is 0. The molecule has 0 aromatic carbocycles. The Kier molecular flexibility index (Phi) is 2.70. The molecule has 0 aromatic heterocycles. The minimum Gasteiger partial charge on any atom is -0.396 e. The van der Waals surface area contributed by atoms with Crippen molar-refractivity contribution in [3.63, 3.8) is 0 Å². The van der Waals surface area contributed by atoms with Gasteiger partial charge in [-0.25, -0.2) is 0 Å². The smallest absolute Gasteiger partial charge is 0.0501 e. The minimum atomic E-state index is 0.314. The first-order valence-electron chi connectivity index (χ1n) is 5.96. The minimum absolute atomic E-state index is 0.314. The van der Waals surface area contributed by atoms with Crippen molar-refractivity contribution < 1.29 is 5.11 Å². The average Bonchev–Trinajstić information content (AvgIpc) is 2.17. The van der Waals surface area contributed by atoms with E-state index in [1.54, 1.807) is 5.57 Å². The van der Waals surface area contributed by atoms with Gasteiger partial charge in [-0.3, -0.25) is 0 Å². The van der Waals surface area contributed by atoms with Crippen molar-refractivity contribution in [3.05, 3.63) is 11.6 Å². The Hall–Kier alpha value is -0.300. The van der Waals surface area contributed by atoms with Crippen LogP contribution in [0.2, 0.25) is 0 Å². The lowest BCUT2D eigenvalue weighted by Crippen LogP contribution is -2.37. The largest absolute Gasteiger partial charge is 0.396 e. The van der Waals surface area contributed by atoms with Crippen LogP contribution in [0, 0.1) is 17.3 Å². The lowest BCUT2D eigenvalue weighted by atomic mass is 9.61. The Morgan fingerprint density at radius 2 is 2.21 bits per heavy atom. The molecule has 0 radical (unpaired) electrons. The zero-order valence-electron chi connectivity index (χ0n) is 9.42. The third-order valence-electron chi connectivity index (χ3n) is 4.27. The van der Waals surface area contributed by atoms with Crippen LogP contribution in [0.15, 0.2) is 11.6 Å². The molecule has 2 aliphatic rings. The Morgan fingerprint density at radius 3 is 2.93 bits per heavy atom. The molecule has 2 aliphatic carbocycles. The van der Waals surface area contributed by atoms with E-state index in [2.05, 4.69) is 19.9 Å². The number of fused-ring (bicyclic) bond motifs is 1. The summed E-state index contributed by atoms with van der Waals surface area (Å²) in [6, 6.07) is 0. The van der Waals surface area contributed by atoms with Crippen LogP contribution < -0.4 is 0 Å². The van der Waals surface area contributed by atoms with Gasteiger partial charge in [0.2, 0.25) is 0 Å². The first kappa shape index (κ1) is 10.2. The first-order valence-corrected chi connectivity index (χ1v) is 5.96. The molecule has 0 aromatic rings. The molecule has 0 aliphatic heterocycles. The second-order valence-corrected chi connectivity index (χ2v) is 5.59. The van der Waals surface area contributed by atoms with Gasteiger partial charge in [0, 0.05) is 5.92 Å². The van der Waals surface area contributed by atoms with E-state index in [9.17, 15) is 5.11 Å². The molecule has 0 amide bonds. The number of aliphatic hydroxyl groups is 1. The predicted molar refractivity (Wildman–Crippen MR) is 59.0 cm³/mol. The molecule has 2 rings (SSSR count). The summed E-state index contributed by atoms with van der Waals surface area (Å²) in [6.07, 6.45) is 8.98. The number of rotatable bonds is 1. The Morgan fingerprint density at radius 1 is 1.43 bits per heavy atom. The zero-order chi connectivity index (χ0) is 10.2. The fourth-order valence-corrected chi connectivity index (χ4v) is 3.23. The average molecular weight is 194 g/mol. The molecule has 1 saturated carbocycles. The summed E-state index contributed by atoms with van der Waals surface area (Å²) >= 11 is 0. The molecule has 2 atom stereocenters. The van der Waals surface area contributed by atoms with Gasteiger partial charge >= 0.3 is 0 Å². The Balaban J connectivity index is 2.25. The van der Waals surface area contributed by atoms with Gasteiger partial charge in [0.15, 0.2) is 0 Å². The fraction of sp³-hybridized carbons (Fsp3) is 0.846. The maximum absolute atomic E-state index is 9.52. The molecule has 0 heterocycles. The van der Waals surface area contributed by atoms with Crippen molar-refractivity contribution in [1.29, 1.82) is 0 Å².